The van der Waals surface area contributed by atoms with Gasteiger partial charge in [0.25, 0.3) is 5.91 Å². The molecular formula is C18H26N2O4. The van der Waals surface area contributed by atoms with Gasteiger partial charge in [0.2, 0.25) is 5.91 Å². The highest BCUT2D eigenvalue weighted by Crippen LogP contribution is 2.36. The number of nitrogens with one attached hydrogen (secondary N) is 1. The van der Waals surface area contributed by atoms with E-state index >= 15 is 0 Å². The Morgan fingerprint density at radius 2 is 2.17 bits per heavy atom. The fourth-order valence-corrected chi connectivity index (χ4v) is 2.63. The minimum Gasteiger partial charge on any atom is -0.478 e. The molecule has 6 nitrogen and oxygen atoms in total. The van der Waals surface area contributed by atoms with Gasteiger partial charge in [0.1, 0.15) is 12.3 Å². The van der Waals surface area contributed by atoms with Gasteiger partial charge in [0.05, 0.1) is 5.69 Å². The van der Waals surface area contributed by atoms with Crippen LogP contribution in [0, 0.1) is 12.8 Å². The van der Waals surface area contributed by atoms with Crippen molar-refractivity contribution in [1.29, 1.82) is 0 Å². The number of fused-ring (bicyclic) bond motifs is 1. The number of benzene rings is 1. The van der Waals surface area contributed by atoms with Gasteiger partial charge in [-0.3, -0.25) is 14.5 Å². The monoisotopic (exact) mass is 334 g/mol. The number of methoxy groups -OCH3 is 1. The standard InChI is InChI=1S/C18H26N2O4/c1-12(2)17-18(22)20(11-16(21)19-8-5-9-23-4)14-10-13(3)6-7-15(14)24-17/h6-7,10,12,17H,5,8-9,11H2,1-4H3,(H,19,21). The van der Waals surface area contributed by atoms with E-state index in [1.807, 2.05) is 39.0 Å². The number of nitrogens with zero attached hydrogens (tertiary/aromatic N) is 1. The second kappa shape index (κ2) is 8.15. The first-order chi connectivity index (χ1) is 11.4. The molecule has 1 N–H and O–H groups in total. The molecule has 1 aliphatic rings. The van der Waals surface area contributed by atoms with Gasteiger partial charge in [-0.05, 0) is 37.0 Å². The Kier molecular flexibility index (Phi) is 6.20. The fraction of sp³-hybridized carbons (Fsp3) is 0.556. The van der Waals surface area contributed by atoms with Crippen molar-refractivity contribution in [1.82, 2.24) is 5.32 Å². The molecule has 0 aliphatic carbocycles. The Hall–Kier alpha value is -2.08. The smallest absolute Gasteiger partial charge is 0.268 e. The van der Waals surface area contributed by atoms with Crippen LogP contribution in [0.15, 0.2) is 18.2 Å². The zero-order chi connectivity index (χ0) is 17.7. The zero-order valence-electron chi connectivity index (χ0n) is 14.8. The number of amides is 2. The Morgan fingerprint density at radius 1 is 1.42 bits per heavy atom. The number of rotatable bonds is 7. The number of aryl methyl sites for hydroxylation is 1. The third-order valence-electron chi connectivity index (χ3n) is 3.92. The van der Waals surface area contributed by atoms with E-state index in [1.54, 1.807) is 7.11 Å². The van der Waals surface area contributed by atoms with Gasteiger partial charge in [-0.2, -0.15) is 0 Å². The Labute approximate surface area is 143 Å². The molecular weight excluding hydrogens is 308 g/mol. The first-order valence-corrected chi connectivity index (χ1v) is 8.28. The molecule has 0 saturated carbocycles. The number of carbonyl (C=O) groups excluding carboxylic acids is 2. The molecule has 0 saturated heterocycles. The first kappa shape index (κ1) is 18.3. The summed E-state index contributed by atoms with van der Waals surface area (Å²) in [6, 6.07) is 5.67. The summed E-state index contributed by atoms with van der Waals surface area (Å²) in [5, 5.41) is 2.82. The van der Waals surface area contributed by atoms with Gasteiger partial charge < -0.3 is 14.8 Å². The lowest BCUT2D eigenvalue weighted by atomic mass is 10.0. The second-order valence-electron chi connectivity index (χ2n) is 6.37. The van der Waals surface area contributed by atoms with Crippen LogP contribution < -0.4 is 15.0 Å². The van der Waals surface area contributed by atoms with Crippen molar-refractivity contribution in [2.24, 2.45) is 5.92 Å². The lowest BCUT2D eigenvalue weighted by Gasteiger charge is -2.35. The molecule has 1 aliphatic heterocycles. The highest BCUT2D eigenvalue weighted by molar-refractivity contribution is 6.04. The molecule has 0 bridgehead atoms. The van der Waals surface area contributed by atoms with Crippen LogP contribution in [0.2, 0.25) is 0 Å². The van der Waals surface area contributed by atoms with E-state index in [0.29, 0.717) is 24.6 Å². The molecule has 0 spiro atoms. The van der Waals surface area contributed by atoms with E-state index in [4.69, 9.17) is 9.47 Å². The van der Waals surface area contributed by atoms with Crippen LogP contribution in [-0.4, -0.2) is 44.7 Å². The van der Waals surface area contributed by atoms with Crippen LogP contribution in [0.4, 0.5) is 5.69 Å². The predicted molar refractivity (Wildman–Crippen MR) is 92.3 cm³/mol. The number of hydrogen-bond donors (Lipinski definition) is 1. The zero-order valence-corrected chi connectivity index (χ0v) is 14.8. The maximum Gasteiger partial charge on any atom is 0.268 e. The van der Waals surface area contributed by atoms with Crippen molar-refractivity contribution in [2.75, 3.05) is 31.7 Å². The predicted octanol–water partition coefficient (Wildman–Crippen LogP) is 1.90. The minimum absolute atomic E-state index is 0.00511. The molecule has 24 heavy (non-hydrogen) atoms. The summed E-state index contributed by atoms with van der Waals surface area (Å²) in [5.74, 6) is 0.316. The molecule has 2 amide bonds. The summed E-state index contributed by atoms with van der Waals surface area (Å²) in [5.41, 5.74) is 1.67. The van der Waals surface area contributed by atoms with E-state index in [1.165, 1.54) is 4.90 Å². The topological polar surface area (TPSA) is 67.9 Å². The van der Waals surface area contributed by atoms with Gasteiger partial charge >= 0.3 is 0 Å². The van der Waals surface area contributed by atoms with Crippen molar-refractivity contribution in [3.05, 3.63) is 23.8 Å². The summed E-state index contributed by atoms with van der Waals surface area (Å²) in [6.07, 6.45) is 0.172. The molecule has 1 unspecified atom stereocenters. The Morgan fingerprint density at radius 3 is 2.83 bits per heavy atom. The molecule has 1 aromatic rings. The number of carbonyl (C=O) groups is 2. The van der Waals surface area contributed by atoms with E-state index in [0.717, 1.165) is 12.0 Å². The van der Waals surface area contributed by atoms with Gasteiger partial charge in [-0.25, -0.2) is 0 Å². The quantitative estimate of drug-likeness (QED) is 0.773. The van der Waals surface area contributed by atoms with E-state index in [-0.39, 0.29) is 24.3 Å². The van der Waals surface area contributed by atoms with Crippen LogP contribution >= 0.6 is 0 Å². The second-order valence-corrected chi connectivity index (χ2v) is 6.37. The van der Waals surface area contributed by atoms with E-state index in [9.17, 15) is 9.59 Å². The minimum atomic E-state index is -0.568. The van der Waals surface area contributed by atoms with Crippen LogP contribution in [-0.2, 0) is 14.3 Å². The fourth-order valence-electron chi connectivity index (χ4n) is 2.63. The highest BCUT2D eigenvalue weighted by Gasteiger charge is 2.37. The lowest BCUT2D eigenvalue weighted by molar-refractivity contribution is -0.130. The molecule has 1 aromatic carbocycles. The molecule has 0 fully saturated rings. The van der Waals surface area contributed by atoms with Crippen molar-refractivity contribution in [3.63, 3.8) is 0 Å². The third kappa shape index (κ3) is 4.26. The Bertz CT molecular complexity index is 601. The van der Waals surface area contributed by atoms with Gasteiger partial charge in [0, 0.05) is 20.3 Å². The summed E-state index contributed by atoms with van der Waals surface area (Å²) in [4.78, 5) is 26.5. The number of ether oxygens (including phenoxy) is 2. The largest absolute Gasteiger partial charge is 0.478 e. The van der Waals surface area contributed by atoms with Crippen LogP contribution in [0.1, 0.15) is 25.8 Å². The maximum atomic E-state index is 12.8. The summed E-state index contributed by atoms with van der Waals surface area (Å²) >= 11 is 0. The van der Waals surface area contributed by atoms with E-state index in [2.05, 4.69) is 5.32 Å². The molecule has 1 atom stereocenters. The summed E-state index contributed by atoms with van der Waals surface area (Å²) in [6.45, 7) is 6.93. The maximum absolute atomic E-state index is 12.8. The highest BCUT2D eigenvalue weighted by atomic mass is 16.5. The summed E-state index contributed by atoms with van der Waals surface area (Å²) < 4.78 is 10.8. The molecule has 0 radical (unpaired) electrons. The average Bonchev–Trinajstić information content (AvgIpc) is 2.54. The van der Waals surface area contributed by atoms with Crippen LogP contribution in [0.5, 0.6) is 5.75 Å². The van der Waals surface area contributed by atoms with Gasteiger partial charge in [-0.15, -0.1) is 0 Å². The SMILES string of the molecule is COCCCNC(=O)CN1C(=O)C(C(C)C)Oc2ccc(C)cc21. The van der Waals surface area contributed by atoms with Gasteiger partial charge in [-0.1, -0.05) is 19.9 Å². The van der Waals surface area contributed by atoms with E-state index < -0.39 is 6.10 Å². The molecule has 1 heterocycles. The normalized spacial score (nSPS) is 16.8. The lowest BCUT2D eigenvalue weighted by Crippen LogP contribution is -2.51. The van der Waals surface area contributed by atoms with Gasteiger partial charge in [0.15, 0.2) is 6.10 Å². The first-order valence-electron chi connectivity index (χ1n) is 8.28. The average molecular weight is 334 g/mol. The summed E-state index contributed by atoms with van der Waals surface area (Å²) in [7, 11) is 1.62. The van der Waals surface area contributed by atoms with Crippen molar-refractivity contribution in [3.8, 4) is 5.75 Å². The number of anilines is 1. The van der Waals surface area contributed by atoms with Crippen LogP contribution in [0.3, 0.4) is 0 Å². The molecule has 0 aromatic heterocycles. The number of hydrogen-bond acceptors (Lipinski definition) is 4. The third-order valence-corrected chi connectivity index (χ3v) is 3.92. The molecule has 6 heteroatoms. The van der Waals surface area contributed by atoms with Crippen molar-refractivity contribution in [2.45, 2.75) is 33.3 Å². The molecule has 2 rings (SSSR count). The molecule has 132 valence electrons. The van der Waals surface area contributed by atoms with Crippen LogP contribution in [0.25, 0.3) is 0 Å². The Balaban J connectivity index is 2.15. The van der Waals surface area contributed by atoms with Crippen molar-refractivity contribution >= 4 is 17.5 Å². The van der Waals surface area contributed by atoms with Crippen molar-refractivity contribution < 1.29 is 19.1 Å².